The second-order valence-corrected chi connectivity index (χ2v) is 2.94. The zero-order chi connectivity index (χ0) is 10.3. The number of aliphatic hydroxyl groups is 1. The number of carbonyl (C=O) groups excluding carboxylic acids is 1. The number of methoxy groups -OCH3 is 1. The van der Waals surface area contributed by atoms with E-state index in [1.807, 2.05) is 13.8 Å². The van der Waals surface area contributed by atoms with E-state index in [2.05, 4.69) is 10.1 Å². The number of aliphatic hydroxyl groups excluding tert-OH is 1. The molecule has 0 radical (unpaired) electrons. The van der Waals surface area contributed by atoms with Crippen molar-refractivity contribution in [3.05, 3.63) is 0 Å². The van der Waals surface area contributed by atoms with Gasteiger partial charge in [-0.2, -0.15) is 0 Å². The third-order valence-electron chi connectivity index (χ3n) is 2.04. The van der Waals surface area contributed by atoms with Gasteiger partial charge in [-0.25, -0.2) is 0 Å². The molecule has 78 valence electrons. The standard InChI is InChI=1S/C9H19NO3/c1-4-7(6-11)10-8(5-2)9(12)13-3/h7-8,10-11H,4-6H2,1-3H3/t7-,8?/m1/s1. The smallest absolute Gasteiger partial charge is 0.322 e. The van der Waals surface area contributed by atoms with Crippen molar-refractivity contribution in [2.45, 2.75) is 38.8 Å². The molecule has 0 bridgehead atoms. The average Bonchev–Trinajstić information content (AvgIpc) is 2.19. The molecule has 13 heavy (non-hydrogen) atoms. The molecule has 0 amide bonds. The van der Waals surface area contributed by atoms with Gasteiger partial charge in [-0.05, 0) is 12.8 Å². The summed E-state index contributed by atoms with van der Waals surface area (Å²) in [6.07, 6.45) is 1.47. The molecule has 2 atom stereocenters. The van der Waals surface area contributed by atoms with Crippen molar-refractivity contribution in [1.82, 2.24) is 5.32 Å². The van der Waals surface area contributed by atoms with E-state index < -0.39 is 0 Å². The van der Waals surface area contributed by atoms with Gasteiger partial charge in [-0.1, -0.05) is 13.8 Å². The third kappa shape index (κ3) is 4.24. The highest BCUT2D eigenvalue weighted by atomic mass is 16.5. The van der Waals surface area contributed by atoms with Crippen LogP contribution in [0.1, 0.15) is 26.7 Å². The van der Waals surface area contributed by atoms with Gasteiger partial charge >= 0.3 is 5.97 Å². The van der Waals surface area contributed by atoms with Gasteiger partial charge in [0.15, 0.2) is 0 Å². The fraction of sp³-hybridized carbons (Fsp3) is 0.889. The van der Waals surface area contributed by atoms with Crippen LogP contribution in [0.5, 0.6) is 0 Å². The Kier molecular flexibility index (Phi) is 6.54. The van der Waals surface area contributed by atoms with Gasteiger partial charge in [0.2, 0.25) is 0 Å². The molecule has 4 nitrogen and oxygen atoms in total. The highest BCUT2D eigenvalue weighted by Gasteiger charge is 2.19. The van der Waals surface area contributed by atoms with Crippen LogP contribution < -0.4 is 5.32 Å². The Morgan fingerprint density at radius 2 is 2.08 bits per heavy atom. The van der Waals surface area contributed by atoms with Crippen molar-refractivity contribution in [3.8, 4) is 0 Å². The minimum atomic E-state index is -0.304. The molecule has 0 rings (SSSR count). The lowest BCUT2D eigenvalue weighted by molar-refractivity contribution is -0.143. The predicted octanol–water partition coefficient (Wildman–Crippen LogP) is 0.298. The van der Waals surface area contributed by atoms with Gasteiger partial charge in [-0.15, -0.1) is 0 Å². The molecule has 0 aromatic rings. The Bertz CT molecular complexity index is 146. The van der Waals surface area contributed by atoms with Crippen molar-refractivity contribution in [3.63, 3.8) is 0 Å². The zero-order valence-corrected chi connectivity index (χ0v) is 8.54. The quantitative estimate of drug-likeness (QED) is 0.590. The summed E-state index contributed by atoms with van der Waals surface area (Å²) in [5.41, 5.74) is 0. The molecule has 0 aliphatic heterocycles. The highest BCUT2D eigenvalue weighted by molar-refractivity contribution is 5.75. The molecular weight excluding hydrogens is 170 g/mol. The molecule has 4 heteroatoms. The fourth-order valence-electron chi connectivity index (χ4n) is 1.08. The molecular formula is C9H19NO3. The van der Waals surface area contributed by atoms with Crippen molar-refractivity contribution in [1.29, 1.82) is 0 Å². The van der Waals surface area contributed by atoms with E-state index in [-0.39, 0.29) is 24.7 Å². The largest absolute Gasteiger partial charge is 0.468 e. The van der Waals surface area contributed by atoms with Gasteiger partial charge in [0.1, 0.15) is 6.04 Å². The minimum absolute atomic E-state index is 0.0240. The Morgan fingerprint density at radius 1 is 1.46 bits per heavy atom. The Balaban J connectivity index is 4.02. The molecule has 0 aliphatic carbocycles. The molecule has 0 aliphatic rings. The average molecular weight is 189 g/mol. The lowest BCUT2D eigenvalue weighted by atomic mass is 10.1. The number of rotatable bonds is 6. The van der Waals surface area contributed by atoms with Crippen LogP contribution in [0.3, 0.4) is 0 Å². The molecule has 0 heterocycles. The van der Waals surface area contributed by atoms with Gasteiger partial charge in [0.25, 0.3) is 0 Å². The zero-order valence-electron chi connectivity index (χ0n) is 8.54. The van der Waals surface area contributed by atoms with Crippen LogP contribution in [0.25, 0.3) is 0 Å². The summed E-state index contributed by atoms with van der Waals surface area (Å²) < 4.78 is 4.61. The fourth-order valence-corrected chi connectivity index (χ4v) is 1.08. The van der Waals surface area contributed by atoms with Crippen LogP contribution in [0, 0.1) is 0 Å². The van der Waals surface area contributed by atoms with E-state index in [9.17, 15) is 4.79 Å². The van der Waals surface area contributed by atoms with Crippen molar-refractivity contribution in [2.75, 3.05) is 13.7 Å². The van der Waals surface area contributed by atoms with Gasteiger partial charge < -0.3 is 9.84 Å². The van der Waals surface area contributed by atoms with E-state index in [0.717, 1.165) is 6.42 Å². The van der Waals surface area contributed by atoms with Crippen molar-refractivity contribution >= 4 is 5.97 Å². The van der Waals surface area contributed by atoms with E-state index in [1.165, 1.54) is 7.11 Å². The first-order valence-corrected chi connectivity index (χ1v) is 4.64. The van der Waals surface area contributed by atoms with E-state index >= 15 is 0 Å². The molecule has 0 saturated heterocycles. The summed E-state index contributed by atoms with van der Waals surface area (Å²) in [6, 6.07) is -0.328. The summed E-state index contributed by atoms with van der Waals surface area (Å²) in [6.45, 7) is 3.90. The van der Waals surface area contributed by atoms with Gasteiger partial charge in [0, 0.05) is 6.04 Å². The number of hydrogen-bond donors (Lipinski definition) is 2. The van der Waals surface area contributed by atoms with Gasteiger partial charge in [-0.3, -0.25) is 10.1 Å². The van der Waals surface area contributed by atoms with E-state index in [1.54, 1.807) is 0 Å². The first-order chi connectivity index (χ1) is 6.19. The monoisotopic (exact) mass is 189 g/mol. The maximum Gasteiger partial charge on any atom is 0.322 e. The Morgan fingerprint density at radius 3 is 2.38 bits per heavy atom. The normalized spacial score (nSPS) is 15.1. The number of ether oxygens (including phenoxy) is 1. The molecule has 2 N–H and O–H groups in total. The second-order valence-electron chi connectivity index (χ2n) is 2.94. The second kappa shape index (κ2) is 6.86. The van der Waals surface area contributed by atoms with Crippen LogP contribution >= 0.6 is 0 Å². The first kappa shape index (κ1) is 12.4. The Labute approximate surface area is 79.3 Å². The molecule has 0 saturated carbocycles. The summed E-state index contributed by atoms with van der Waals surface area (Å²) in [5.74, 6) is -0.269. The van der Waals surface area contributed by atoms with Crippen LogP contribution in [0.2, 0.25) is 0 Å². The summed E-state index contributed by atoms with van der Waals surface area (Å²) >= 11 is 0. The molecule has 0 aromatic heterocycles. The summed E-state index contributed by atoms with van der Waals surface area (Å²) in [4.78, 5) is 11.1. The number of carbonyl (C=O) groups is 1. The first-order valence-electron chi connectivity index (χ1n) is 4.64. The van der Waals surface area contributed by atoms with Crippen molar-refractivity contribution in [2.24, 2.45) is 0 Å². The predicted molar refractivity (Wildman–Crippen MR) is 50.4 cm³/mol. The van der Waals surface area contributed by atoms with Crippen LogP contribution in [0.15, 0.2) is 0 Å². The van der Waals surface area contributed by atoms with E-state index in [0.29, 0.717) is 6.42 Å². The van der Waals surface area contributed by atoms with Gasteiger partial charge in [0.05, 0.1) is 13.7 Å². The highest BCUT2D eigenvalue weighted by Crippen LogP contribution is 1.98. The lowest BCUT2D eigenvalue weighted by Crippen LogP contribution is -2.44. The van der Waals surface area contributed by atoms with Crippen molar-refractivity contribution < 1.29 is 14.6 Å². The Hall–Kier alpha value is -0.610. The topological polar surface area (TPSA) is 58.6 Å². The number of esters is 1. The summed E-state index contributed by atoms with van der Waals surface area (Å²) in [5, 5.41) is 11.9. The van der Waals surface area contributed by atoms with Crippen LogP contribution in [-0.4, -0.2) is 36.9 Å². The lowest BCUT2D eigenvalue weighted by Gasteiger charge is -2.20. The molecule has 0 spiro atoms. The molecule has 1 unspecified atom stereocenters. The van der Waals surface area contributed by atoms with Crippen LogP contribution in [0.4, 0.5) is 0 Å². The SMILES string of the molecule is CCC(N[C@H](CC)CO)C(=O)OC. The summed E-state index contributed by atoms with van der Waals surface area (Å²) in [7, 11) is 1.37. The maximum absolute atomic E-state index is 11.1. The molecule has 0 aromatic carbocycles. The number of nitrogens with one attached hydrogen (secondary N) is 1. The third-order valence-corrected chi connectivity index (χ3v) is 2.04. The number of hydrogen-bond acceptors (Lipinski definition) is 4. The minimum Gasteiger partial charge on any atom is -0.468 e. The maximum atomic E-state index is 11.1. The van der Waals surface area contributed by atoms with Crippen LogP contribution in [-0.2, 0) is 9.53 Å². The molecule has 0 fully saturated rings. The van der Waals surface area contributed by atoms with E-state index in [4.69, 9.17) is 5.11 Å².